The van der Waals surface area contributed by atoms with Gasteiger partial charge in [-0.1, -0.05) is 22.0 Å². The number of fused-ring (bicyclic) bond motifs is 1. The van der Waals surface area contributed by atoms with Gasteiger partial charge in [0.2, 0.25) is 5.88 Å². The molecule has 0 saturated heterocycles. The van der Waals surface area contributed by atoms with E-state index < -0.39 is 11.5 Å². The van der Waals surface area contributed by atoms with Crippen molar-refractivity contribution >= 4 is 33.6 Å². The van der Waals surface area contributed by atoms with Gasteiger partial charge in [0.25, 0.3) is 11.5 Å². The molecule has 3 heterocycles. The van der Waals surface area contributed by atoms with Gasteiger partial charge in [0, 0.05) is 10.7 Å². The maximum absolute atomic E-state index is 13.3. The first kappa shape index (κ1) is 22.0. The van der Waals surface area contributed by atoms with Crippen molar-refractivity contribution in [2.75, 3.05) is 0 Å². The van der Waals surface area contributed by atoms with Gasteiger partial charge in [-0.2, -0.15) is 10.2 Å². The Hall–Kier alpha value is -4.16. The van der Waals surface area contributed by atoms with Gasteiger partial charge in [0.15, 0.2) is 0 Å². The van der Waals surface area contributed by atoms with E-state index in [-0.39, 0.29) is 23.6 Å². The standard InChI is InChI=1S/C24H17BrN4O4/c1-15-4-2-10-29-21(15)28-23(33-18-8-6-17(25)7-9-18)20(24(29)31)12-16(13-26)22(30)27-14-19-5-3-11-32-19/h2-12H,14H2,1H3,(H,27,30). The number of hydrogen-bond acceptors (Lipinski definition) is 6. The predicted octanol–water partition coefficient (Wildman–Crippen LogP) is 4.37. The monoisotopic (exact) mass is 504 g/mol. The predicted molar refractivity (Wildman–Crippen MR) is 125 cm³/mol. The van der Waals surface area contributed by atoms with Crippen LogP contribution in [-0.2, 0) is 11.3 Å². The number of ether oxygens (including phenoxy) is 1. The fourth-order valence-corrected chi connectivity index (χ4v) is 3.34. The number of pyridine rings is 1. The second-order valence-corrected chi connectivity index (χ2v) is 7.92. The Morgan fingerprint density at radius 2 is 2.06 bits per heavy atom. The van der Waals surface area contributed by atoms with Gasteiger partial charge >= 0.3 is 0 Å². The zero-order chi connectivity index (χ0) is 23.4. The molecule has 0 saturated carbocycles. The number of furan rings is 1. The number of rotatable bonds is 6. The molecule has 1 amide bonds. The Kier molecular flexibility index (Phi) is 6.38. The smallest absolute Gasteiger partial charge is 0.269 e. The van der Waals surface area contributed by atoms with Gasteiger partial charge in [0.05, 0.1) is 12.8 Å². The number of aromatic nitrogens is 2. The Morgan fingerprint density at radius 3 is 2.76 bits per heavy atom. The van der Waals surface area contributed by atoms with E-state index in [1.54, 1.807) is 48.7 Å². The van der Waals surface area contributed by atoms with Crippen LogP contribution in [-0.4, -0.2) is 15.3 Å². The fourth-order valence-electron chi connectivity index (χ4n) is 3.08. The quantitative estimate of drug-likeness (QED) is 0.308. The molecule has 9 heteroatoms. The number of carbonyl (C=O) groups is 1. The molecule has 0 spiro atoms. The molecule has 3 aromatic heterocycles. The Morgan fingerprint density at radius 1 is 1.27 bits per heavy atom. The number of benzene rings is 1. The van der Waals surface area contributed by atoms with Crippen LogP contribution >= 0.6 is 15.9 Å². The van der Waals surface area contributed by atoms with E-state index in [0.29, 0.717) is 17.2 Å². The van der Waals surface area contributed by atoms with Crippen LogP contribution in [0.2, 0.25) is 0 Å². The lowest BCUT2D eigenvalue weighted by Gasteiger charge is -2.11. The molecule has 0 radical (unpaired) electrons. The molecule has 1 N–H and O–H groups in total. The van der Waals surface area contributed by atoms with Crippen LogP contribution < -0.4 is 15.6 Å². The van der Waals surface area contributed by atoms with E-state index in [4.69, 9.17) is 9.15 Å². The molecule has 33 heavy (non-hydrogen) atoms. The summed E-state index contributed by atoms with van der Waals surface area (Å²) in [6.45, 7) is 1.92. The zero-order valence-corrected chi connectivity index (χ0v) is 19.0. The molecule has 0 atom stereocenters. The van der Waals surface area contributed by atoms with Crippen LogP contribution in [0.1, 0.15) is 16.9 Å². The third kappa shape index (κ3) is 4.86. The molecule has 1 aromatic carbocycles. The van der Waals surface area contributed by atoms with Crippen LogP contribution in [0.5, 0.6) is 11.6 Å². The Labute approximate surface area is 196 Å². The summed E-state index contributed by atoms with van der Waals surface area (Å²) in [5, 5.41) is 12.2. The van der Waals surface area contributed by atoms with Gasteiger partial charge in [-0.05, 0) is 61.0 Å². The summed E-state index contributed by atoms with van der Waals surface area (Å²) in [5.41, 5.74) is 0.414. The minimum atomic E-state index is -0.655. The van der Waals surface area contributed by atoms with Crippen LogP contribution in [0.25, 0.3) is 11.7 Å². The molecule has 4 rings (SSSR count). The topological polar surface area (TPSA) is 110 Å². The highest BCUT2D eigenvalue weighted by atomic mass is 79.9. The highest BCUT2D eigenvalue weighted by Gasteiger charge is 2.18. The first-order valence-electron chi connectivity index (χ1n) is 9.84. The summed E-state index contributed by atoms with van der Waals surface area (Å²) >= 11 is 3.36. The number of aryl methyl sites for hydroxylation is 1. The molecular formula is C24H17BrN4O4. The Balaban J connectivity index is 1.79. The van der Waals surface area contributed by atoms with Crippen molar-refractivity contribution in [2.45, 2.75) is 13.5 Å². The van der Waals surface area contributed by atoms with Gasteiger partial charge in [-0.3, -0.25) is 14.0 Å². The van der Waals surface area contributed by atoms with Crippen LogP contribution in [0.3, 0.4) is 0 Å². The minimum Gasteiger partial charge on any atom is -0.467 e. The number of halogens is 1. The van der Waals surface area contributed by atoms with E-state index in [1.165, 1.54) is 16.7 Å². The molecule has 0 aliphatic heterocycles. The van der Waals surface area contributed by atoms with Crippen molar-refractivity contribution in [1.29, 1.82) is 5.26 Å². The van der Waals surface area contributed by atoms with E-state index in [0.717, 1.165) is 10.0 Å². The van der Waals surface area contributed by atoms with Crippen LogP contribution in [0, 0.1) is 18.3 Å². The second kappa shape index (κ2) is 9.54. The number of amides is 1. The molecule has 0 aliphatic carbocycles. The summed E-state index contributed by atoms with van der Waals surface area (Å²) in [6.07, 6.45) is 4.25. The van der Waals surface area contributed by atoms with Crippen molar-refractivity contribution in [3.8, 4) is 17.7 Å². The van der Waals surface area contributed by atoms with Crippen LogP contribution in [0.15, 0.2) is 80.2 Å². The zero-order valence-electron chi connectivity index (χ0n) is 17.4. The fraction of sp³-hybridized carbons (Fsp3) is 0.0833. The lowest BCUT2D eigenvalue weighted by Crippen LogP contribution is -2.25. The molecule has 8 nitrogen and oxygen atoms in total. The summed E-state index contributed by atoms with van der Waals surface area (Å²) in [7, 11) is 0. The van der Waals surface area contributed by atoms with Crippen molar-refractivity contribution in [3.05, 3.63) is 98.3 Å². The first-order chi connectivity index (χ1) is 16.0. The summed E-state index contributed by atoms with van der Waals surface area (Å²) < 4.78 is 13.3. The highest BCUT2D eigenvalue weighted by molar-refractivity contribution is 9.10. The maximum Gasteiger partial charge on any atom is 0.269 e. The number of nitriles is 1. The van der Waals surface area contributed by atoms with Crippen molar-refractivity contribution in [1.82, 2.24) is 14.7 Å². The van der Waals surface area contributed by atoms with E-state index in [9.17, 15) is 14.9 Å². The average molecular weight is 505 g/mol. The lowest BCUT2D eigenvalue weighted by atomic mass is 10.1. The largest absolute Gasteiger partial charge is 0.467 e. The van der Waals surface area contributed by atoms with Crippen molar-refractivity contribution in [2.24, 2.45) is 0 Å². The van der Waals surface area contributed by atoms with Crippen LogP contribution in [0.4, 0.5) is 0 Å². The SMILES string of the molecule is Cc1cccn2c(=O)c(C=C(C#N)C(=O)NCc3ccco3)c(Oc3ccc(Br)cc3)nc12. The summed E-state index contributed by atoms with van der Waals surface area (Å²) in [6, 6.07) is 15.8. The summed E-state index contributed by atoms with van der Waals surface area (Å²) in [4.78, 5) is 30.4. The maximum atomic E-state index is 13.3. The first-order valence-corrected chi connectivity index (χ1v) is 10.6. The lowest BCUT2D eigenvalue weighted by molar-refractivity contribution is -0.117. The third-order valence-corrected chi connectivity index (χ3v) is 5.26. The molecule has 0 aliphatic rings. The number of carbonyl (C=O) groups excluding carboxylic acids is 1. The molecular weight excluding hydrogens is 488 g/mol. The van der Waals surface area contributed by atoms with Gasteiger partial charge in [0.1, 0.15) is 34.4 Å². The Bertz CT molecular complexity index is 1450. The van der Waals surface area contributed by atoms with Gasteiger partial charge < -0.3 is 14.5 Å². The van der Waals surface area contributed by atoms with Crippen molar-refractivity contribution < 1.29 is 13.9 Å². The number of nitrogens with zero attached hydrogens (tertiary/aromatic N) is 3. The third-order valence-electron chi connectivity index (χ3n) is 4.73. The second-order valence-electron chi connectivity index (χ2n) is 7.01. The van der Waals surface area contributed by atoms with E-state index in [2.05, 4.69) is 26.2 Å². The molecule has 164 valence electrons. The van der Waals surface area contributed by atoms with E-state index >= 15 is 0 Å². The molecule has 4 aromatic rings. The molecule has 0 unspecified atom stereocenters. The minimum absolute atomic E-state index is 0.0109. The molecule has 0 bridgehead atoms. The van der Waals surface area contributed by atoms with Gasteiger partial charge in [-0.15, -0.1) is 0 Å². The normalized spacial score (nSPS) is 11.2. The highest BCUT2D eigenvalue weighted by Crippen LogP contribution is 2.26. The summed E-state index contributed by atoms with van der Waals surface area (Å²) in [5.74, 6) is 0.307. The average Bonchev–Trinajstić information content (AvgIpc) is 3.33. The van der Waals surface area contributed by atoms with Gasteiger partial charge in [-0.25, -0.2) is 0 Å². The number of hydrogen-bond donors (Lipinski definition) is 1. The van der Waals surface area contributed by atoms with E-state index in [1.807, 2.05) is 19.1 Å². The van der Waals surface area contributed by atoms with Crippen molar-refractivity contribution in [3.63, 3.8) is 0 Å². The molecule has 0 fully saturated rings. The number of nitrogens with one attached hydrogen (secondary N) is 1.